The Bertz CT molecular complexity index is 1140. The van der Waals surface area contributed by atoms with Crippen LogP contribution < -0.4 is 10.6 Å². The monoisotopic (exact) mass is 582 g/mol. The van der Waals surface area contributed by atoms with Crippen LogP contribution in [-0.4, -0.2) is 120 Å². The first kappa shape index (κ1) is 29.1. The summed E-state index contributed by atoms with van der Waals surface area (Å²) in [5.74, 6) is -5.05. The van der Waals surface area contributed by atoms with Crippen LogP contribution in [0.4, 0.5) is 0 Å². The Kier molecular flexibility index (Phi) is 8.57. The number of morpholine rings is 2. The van der Waals surface area contributed by atoms with Crippen molar-refractivity contribution in [1.29, 1.82) is 0 Å². The summed E-state index contributed by atoms with van der Waals surface area (Å²) in [4.78, 5) is 30.6. The Morgan fingerprint density at radius 2 is 1.17 bits per heavy atom. The highest BCUT2D eigenvalue weighted by atomic mass is 16.7. The molecule has 4 fully saturated rings. The molecule has 12 nitrogen and oxygen atoms in total. The van der Waals surface area contributed by atoms with Crippen LogP contribution in [0.15, 0.2) is 60.7 Å². The van der Waals surface area contributed by atoms with Gasteiger partial charge in [0, 0.05) is 39.3 Å². The van der Waals surface area contributed by atoms with Crippen LogP contribution in [0.3, 0.4) is 0 Å². The van der Waals surface area contributed by atoms with Crippen molar-refractivity contribution in [3.05, 3.63) is 71.8 Å². The summed E-state index contributed by atoms with van der Waals surface area (Å²) in [5.41, 5.74) is 2.21. The number of aliphatic hydroxyl groups excluding tert-OH is 2. The number of esters is 2. The summed E-state index contributed by atoms with van der Waals surface area (Å²) < 4.78 is 23.4. The zero-order chi connectivity index (χ0) is 29.2. The molecule has 0 aromatic heterocycles. The quantitative estimate of drug-likeness (QED) is 0.275. The van der Waals surface area contributed by atoms with E-state index in [0.717, 1.165) is 11.1 Å². The lowest BCUT2D eigenvalue weighted by Gasteiger charge is -2.45. The smallest absolute Gasteiger partial charge is 0.340 e. The predicted molar refractivity (Wildman–Crippen MR) is 149 cm³/mol. The van der Waals surface area contributed by atoms with E-state index in [1.165, 1.54) is 0 Å². The minimum Gasteiger partial charge on any atom is -0.428 e. The Balaban J connectivity index is 1.09. The summed E-state index contributed by atoms with van der Waals surface area (Å²) in [6.45, 7) is 4.60. The van der Waals surface area contributed by atoms with E-state index in [0.29, 0.717) is 52.5 Å². The van der Waals surface area contributed by atoms with Gasteiger partial charge in [-0.05, 0) is 11.1 Å². The van der Waals surface area contributed by atoms with Crippen LogP contribution in [0, 0.1) is 0 Å². The highest BCUT2D eigenvalue weighted by Gasteiger charge is 2.56. The molecule has 0 amide bonds. The molecular weight excluding hydrogens is 544 g/mol. The van der Waals surface area contributed by atoms with E-state index < -0.39 is 35.7 Å². The fourth-order valence-electron chi connectivity index (χ4n) is 6.41. The van der Waals surface area contributed by atoms with Gasteiger partial charge in [0.15, 0.2) is 12.2 Å². The van der Waals surface area contributed by atoms with Gasteiger partial charge in [-0.15, -0.1) is 0 Å². The van der Waals surface area contributed by atoms with E-state index in [1.807, 2.05) is 60.7 Å². The number of benzene rings is 2. The van der Waals surface area contributed by atoms with E-state index in [-0.39, 0.29) is 25.2 Å². The van der Waals surface area contributed by atoms with E-state index >= 15 is 0 Å². The number of nitrogens with zero attached hydrogens (tertiary/aromatic N) is 2. The highest BCUT2D eigenvalue weighted by molar-refractivity contribution is 5.85. The van der Waals surface area contributed by atoms with Crippen molar-refractivity contribution in [2.45, 2.75) is 49.0 Å². The number of carbonyl (C=O) groups is 2. The summed E-state index contributed by atoms with van der Waals surface area (Å²) >= 11 is 0. The minimum atomic E-state index is -2.17. The summed E-state index contributed by atoms with van der Waals surface area (Å²) in [6, 6.07) is 19.2. The average Bonchev–Trinajstić information content (AvgIpc) is 3.63. The van der Waals surface area contributed by atoms with Gasteiger partial charge < -0.3 is 39.8 Å². The van der Waals surface area contributed by atoms with Gasteiger partial charge in [0.25, 0.3) is 0 Å². The van der Waals surface area contributed by atoms with Gasteiger partial charge in [0.2, 0.25) is 11.6 Å². The van der Waals surface area contributed by atoms with Crippen molar-refractivity contribution < 1.29 is 38.7 Å². The maximum absolute atomic E-state index is 13.1. The van der Waals surface area contributed by atoms with Crippen molar-refractivity contribution in [3.63, 3.8) is 0 Å². The van der Waals surface area contributed by atoms with Crippen molar-refractivity contribution in [3.8, 4) is 0 Å². The van der Waals surface area contributed by atoms with Gasteiger partial charge in [-0.25, -0.2) is 9.59 Å². The number of nitrogens with one attached hydrogen (secondary N) is 2. The number of hydrogen-bond acceptors (Lipinski definition) is 12. The average molecular weight is 583 g/mol. The molecule has 6 atom stereocenters. The predicted octanol–water partition coefficient (Wildman–Crippen LogP) is -0.804. The lowest BCUT2D eigenvalue weighted by Crippen LogP contribution is -2.63. The SMILES string of the molecule is O=C(O[C@]12CNC[C@@H]1N(Cc1ccccc1)CCO2)C(O)C(O)C(=O)O[C@]12CNC[C@@H]1N(Cc1ccccc1)CCO2. The molecule has 0 saturated carbocycles. The Morgan fingerprint density at radius 1 is 0.762 bits per heavy atom. The molecule has 4 aliphatic heterocycles. The molecule has 0 aliphatic carbocycles. The van der Waals surface area contributed by atoms with Gasteiger partial charge in [-0.1, -0.05) is 60.7 Å². The summed E-state index contributed by atoms with van der Waals surface area (Å²) in [6.07, 6.45) is -4.34. The van der Waals surface area contributed by atoms with Crippen LogP contribution in [0.1, 0.15) is 11.1 Å². The normalized spacial score (nSPS) is 31.1. The number of carbonyl (C=O) groups excluding carboxylic acids is 2. The van der Waals surface area contributed by atoms with Crippen LogP contribution >= 0.6 is 0 Å². The molecule has 0 bridgehead atoms. The van der Waals surface area contributed by atoms with Crippen molar-refractivity contribution in [1.82, 2.24) is 20.4 Å². The van der Waals surface area contributed by atoms with E-state index in [1.54, 1.807) is 0 Å². The second-order valence-electron chi connectivity index (χ2n) is 11.3. The zero-order valence-corrected chi connectivity index (χ0v) is 23.4. The van der Waals surface area contributed by atoms with E-state index in [4.69, 9.17) is 18.9 Å². The first-order valence-electron chi connectivity index (χ1n) is 14.5. The van der Waals surface area contributed by atoms with Gasteiger partial charge >= 0.3 is 11.9 Å². The van der Waals surface area contributed by atoms with Gasteiger partial charge in [0.1, 0.15) is 0 Å². The number of fused-ring (bicyclic) bond motifs is 2. The third kappa shape index (κ3) is 5.81. The lowest BCUT2D eigenvalue weighted by molar-refractivity contribution is -0.277. The van der Waals surface area contributed by atoms with Crippen LogP contribution in [0.5, 0.6) is 0 Å². The second kappa shape index (κ2) is 12.3. The molecule has 12 heteroatoms. The molecule has 2 aromatic carbocycles. The zero-order valence-electron chi connectivity index (χ0n) is 23.4. The van der Waals surface area contributed by atoms with Crippen LogP contribution in [-0.2, 0) is 41.6 Å². The fraction of sp³-hybridized carbons (Fsp3) is 0.533. The van der Waals surface area contributed by atoms with Crippen LogP contribution in [0.25, 0.3) is 0 Å². The molecule has 2 unspecified atom stereocenters. The van der Waals surface area contributed by atoms with Crippen molar-refractivity contribution in [2.75, 3.05) is 52.5 Å². The van der Waals surface area contributed by atoms with E-state index in [9.17, 15) is 19.8 Å². The minimum absolute atomic E-state index is 0.212. The Labute approximate surface area is 244 Å². The molecular formula is C30H38N4O8. The Morgan fingerprint density at radius 3 is 1.57 bits per heavy atom. The molecule has 0 radical (unpaired) electrons. The van der Waals surface area contributed by atoms with Crippen molar-refractivity contribution in [2.24, 2.45) is 0 Å². The van der Waals surface area contributed by atoms with Crippen LogP contribution in [0.2, 0.25) is 0 Å². The molecule has 4 aliphatic rings. The maximum atomic E-state index is 13.1. The molecule has 226 valence electrons. The standard InChI is InChI=1S/C30H38N4O8/c35-25(27(37)41-29-19-31-15-23(29)33(11-13-39-29)17-21-7-3-1-4-8-21)26(36)28(38)42-30-20-32-16-24(30)34(12-14-40-30)18-22-9-5-2-6-10-22/h1-10,23-26,31-32,35-36H,11-20H2/t23-,24-,25?,26?,29+,30+/m0/s1. The first-order valence-corrected chi connectivity index (χ1v) is 14.5. The molecule has 0 spiro atoms. The van der Waals surface area contributed by atoms with Gasteiger partial charge in [-0.2, -0.15) is 0 Å². The third-order valence-electron chi connectivity index (χ3n) is 8.55. The number of rotatable bonds is 9. The van der Waals surface area contributed by atoms with Gasteiger partial charge in [-0.3, -0.25) is 9.80 Å². The number of hydrogen-bond donors (Lipinski definition) is 4. The molecule has 4 saturated heterocycles. The molecule has 4 heterocycles. The summed E-state index contributed by atoms with van der Waals surface area (Å²) in [7, 11) is 0. The second-order valence-corrected chi connectivity index (χ2v) is 11.3. The third-order valence-corrected chi connectivity index (χ3v) is 8.55. The maximum Gasteiger partial charge on any atom is 0.340 e. The lowest BCUT2D eigenvalue weighted by atomic mass is 10.0. The van der Waals surface area contributed by atoms with Gasteiger partial charge in [0.05, 0.1) is 38.4 Å². The topological polar surface area (TPSA) is 142 Å². The fourth-order valence-corrected chi connectivity index (χ4v) is 6.41. The molecule has 4 N–H and O–H groups in total. The Hall–Kier alpha value is -2.94. The number of aliphatic hydroxyl groups is 2. The number of ether oxygens (including phenoxy) is 4. The largest absolute Gasteiger partial charge is 0.428 e. The molecule has 6 rings (SSSR count). The van der Waals surface area contributed by atoms with Crippen molar-refractivity contribution >= 4 is 11.9 Å². The van der Waals surface area contributed by atoms with E-state index in [2.05, 4.69) is 20.4 Å². The first-order chi connectivity index (χ1) is 20.4. The summed E-state index contributed by atoms with van der Waals surface area (Å²) in [5, 5.41) is 27.9. The molecule has 42 heavy (non-hydrogen) atoms. The molecule has 2 aromatic rings. The highest BCUT2D eigenvalue weighted by Crippen LogP contribution is 2.33.